The van der Waals surface area contributed by atoms with Crippen molar-refractivity contribution in [1.82, 2.24) is 15.0 Å². The molecule has 1 aromatic heterocycles. The topological polar surface area (TPSA) is 56.7 Å². The third-order valence-corrected chi connectivity index (χ3v) is 2.44. The fourth-order valence-corrected chi connectivity index (χ4v) is 1.63. The highest BCUT2D eigenvalue weighted by atomic mass is 19.1. The molecule has 0 spiro atoms. The predicted octanol–water partition coefficient (Wildman–Crippen LogP) is 1.34. The Balaban J connectivity index is 2.17. The van der Waals surface area contributed by atoms with Gasteiger partial charge in [-0.1, -0.05) is 11.3 Å². The van der Waals surface area contributed by atoms with Gasteiger partial charge in [-0.2, -0.15) is 0 Å². The molecule has 0 bridgehead atoms. The van der Waals surface area contributed by atoms with Crippen LogP contribution in [-0.4, -0.2) is 15.0 Å². The summed E-state index contributed by atoms with van der Waals surface area (Å²) in [5.41, 5.74) is 6.79. The second-order valence-electron chi connectivity index (χ2n) is 3.86. The van der Waals surface area contributed by atoms with E-state index in [0.717, 1.165) is 6.07 Å². The maximum atomic E-state index is 13.4. The Morgan fingerprint density at radius 2 is 2.18 bits per heavy atom. The van der Waals surface area contributed by atoms with Crippen LogP contribution in [-0.2, 0) is 13.5 Å². The zero-order valence-corrected chi connectivity index (χ0v) is 9.27. The van der Waals surface area contributed by atoms with Crippen molar-refractivity contribution in [1.29, 1.82) is 0 Å². The third kappa shape index (κ3) is 2.65. The van der Waals surface area contributed by atoms with E-state index in [2.05, 4.69) is 10.3 Å². The molecule has 1 heterocycles. The second kappa shape index (κ2) is 4.58. The smallest absolute Gasteiger partial charge is 0.130 e. The van der Waals surface area contributed by atoms with Crippen LogP contribution in [0.25, 0.3) is 0 Å². The molecule has 0 radical (unpaired) electrons. The largest absolute Gasteiger partial charge is 0.324 e. The van der Waals surface area contributed by atoms with E-state index in [9.17, 15) is 8.78 Å². The van der Waals surface area contributed by atoms with E-state index in [0.29, 0.717) is 12.1 Å². The van der Waals surface area contributed by atoms with Crippen molar-refractivity contribution in [3.05, 3.63) is 47.3 Å². The van der Waals surface area contributed by atoms with Crippen LogP contribution in [0.15, 0.2) is 24.4 Å². The maximum Gasteiger partial charge on any atom is 0.130 e. The van der Waals surface area contributed by atoms with Crippen molar-refractivity contribution >= 4 is 0 Å². The first-order valence-electron chi connectivity index (χ1n) is 5.12. The Bertz CT molecular complexity index is 524. The van der Waals surface area contributed by atoms with Gasteiger partial charge in [0.25, 0.3) is 0 Å². The molecule has 6 heteroatoms. The van der Waals surface area contributed by atoms with Crippen molar-refractivity contribution in [2.24, 2.45) is 12.8 Å². The highest BCUT2D eigenvalue weighted by Gasteiger charge is 2.14. The SMILES string of the molecule is Cn1cc(CC(N)c2ccc(F)cc2F)nn1. The average Bonchev–Trinajstić information content (AvgIpc) is 2.63. The van der Waals surface area contributed by atoms with Gasteiger partial charge in [0.05, 0.1) is 5.69 Å². The molecule has 0 saturated carbocycles. The van der Waals surface area contributed by atoms with Crippen LogP contribution in [0.1, 0.15) is 17.3 Å². The van der Waals surface area contributed by atoms with Crippen LogP contribution in [0.5, 0.6) is 0 Å². The molecule has 0 aliphatic carbocycles. The molecule has 4 nitrogen and oxygen atoms in total. The van der Waals surface area contributed by atoms with Gasteiger partial charge in [-0.3, -0.25) is 4.68 Å². The summed E-state index contributed by atoms with van der Waals surface area (Å²) in [6.07, 6.45) is 2.07. The summed E-state index contributed by atoms with van der Waals surface area (Å²) in [6, 6.07) is 2.80. The molecular formula is C11H12F2N4. The van der Waals surface area contributed by atoms with Crippen molar-refractivity contribution in [2.45, 2.75) is 12.5 Å². The van der Waals surface area contributed by atoms with Gasteiger partial charge in [0.15, 0.2) is 0 Å². The summed E-state index contributed by atoms with van der Waals surface area (Å²) in [4.78, 5) is 0. The van der Waals surface area contributed by atoms with Crippen LogP contribution in [0.3, 0.4) is 0 Å². The third-order valence-electron chi connectivity index (χ3n) is 2.44. The van der Waals surface area contributed by atoms with Crippen LogP contribution >= 0.6 is 0 Å². The molecule has 2 N–H and O–H groups in total. The minimum atomic E-state index is -0.638. The Kier molecular flexibility index (Phi) is 3.14. The molecule has 90 valence electrons. The van der Waals surface area contributed by atoms with Crippen molar-refractivity contribution < 1.29 is 8.78 Å². The Labute approximate surface area is 97.0 Å². The van der Waals surface area contributed by atoms with Gasteiger partial charge in [-0.25, -0.2) is 8.78 Å². The first-order chi connectivity index (χ1) is 8.06. The van der Waals surface area contributed by atoms with E-state index in [1.54, 1.807) is 17.9 Å². The molecule has 0 aliphatic rings. The van der Waals surface area contributed by atoms with E-state index in [1.807, 2.05) is 0 Å². The monoisotopic (exact) mass is 238 g/mol. The molecule has 0 amide bonds. The molecule has 17 heavy (non-hydrogen) atoms. The number of rotatable bonds is 3. The zero-order valence-electron chi connectivity index (χ0n) is 9.27. The first kappa shape index (κ1) is 11.7. The van der Waals surface area contributed by atoms with Gasteiger partial charge in [0.2, 0.25) is 0 Å². The van der Waals surface area contributed by atoms with Gasteiger partial charge in [-0.05, 0) is 6.07 Å². The summed E-state index contributed by atoms with van der Waals surface area (Å²) < 4.78 is 27.7. The van der Waals surface area contributed by atoms with Crippen molar-refractivity contribution in [3.63, 3.8) is 0 Å². The quantitative estimate of drug-likeness (QED) is 0.877. The molecule has 0 fully saturated rings. The Morgan fingerprint density at radius 1 is 1.41 bits per heavy atom. The lowest BCUT2D eigenvalue weighted by Crippen LogP contribution is -2.15. The van der Waals surface area contributed by atoms with Crippen LogP contribution in [0, 0.1) is 11.6 Å². The van der Waals surface area contributed by atoms with Gasteiger partial charge < -0.3 is 5.73 Å². The van der Waals surface area contributed by atoms with Gasteiger partial charge in [0, 0.05) is 37.3 Å². The van der Waals surface area contributed by atoms with Crippen LogP contribution < -0.4 is 5.73 Å². The van der Waals surface area contributed by atoms with Gasteiger partial charge in [0.1, 0.15) is 11.6 Å². The molecule has 1 unspecified atom stereocenters. The number of aromatic nitrogens is 3. The normalized spacial score (nSPS) is 12.7. The van der Waals surface area contributed by atoms with Gasteiger partial charge in [-0.15, -0.1) is 5.10 Å². The number of benzene rings is 1. The lowest BCUT2D eigenvalue weighted by Gasteiger charge is -2.11. The Hall–Kier alpha value is -1.82. The van der Waals surface area contributed by atoms with E-state index in [-0.39, 0.29) is 5.56 Å². The minimum Gasteiger partial charge on any atom is -0.324 e. The summed E-state index contributed by atoms with van der Waals surface area (Å²) >= 11 is 0. The van der Waals surface area contributed by atoms with E-state index in [1.165, 1.54) is 12.1 Å². The number of halogens is 2. The number of aryl methyl sites for hydroxylation is 1. The highest BCUT2D eigenvalue weighted by Crippen LogP contribution is 2.19. The van der Waals surface area contributed by atoms with Crippen molar-refractivity contribution in [2.75, 3.05) is 0 Å². The molecule has 1 aromatic carbocycles. The summed E-state index contributed by atoms with van der Waals surface area (Å²) in [5, 5.41) is 7.62. The molecule has 1 atom stereocenters. The highest BCUT2D eigenvalue weighted by molar-refractivity contribution is 5.23. The molecule has 2 rings (SSSR count). The number of hydrogen-bond acceptors (Lipinski definition) is 3. The number of nitrogens with zero attached hydrogens (tertiary/aromatic N) is 3. The maximum absolute atomic E-state index is 13.4. The minimum absolute atomic E-state index is 0.275. The Morgan fingerprint density at radius 3 is 2.76 bits per heavy atom. The van der Waals surface area contributed by atoms with Crippen LogP contribution in [0.2, 0.25) is 0 Å². The van der Waals surface area contributed by atoms with Gasteiger partial charge >= 0.3 is 0 Å². The fourth-order valence-electron chi connectivity index (χ4n) is 1.63. The summed E-state index contributed by atoms with van der Waals surface area (Å²) in [5.74, 6) is -1.25. The molecular weight excluding hydrogens is 226 g/mol. The number of nitrogens with two attached hydrogens (primary N) is 1. The molecule has 2 aromatic rings. The second-order valence-corrected chi connectivity index (χ2v) is 3.86. The number of hydrogen-bond donors (Lipinski definition) is 1. The zero-order chi connectivity index (χ0) is 12.4. The van der Waals surface area contributed by atoms with E-state index in [4.69, 9.17) is 5.73 Å². The van der Waals surface area contributed by atoms with Crippen molar-refractivity contribution in [3.8, 4) is 0 Å². The van der Waals surface area contributed by atoms with E-state index < -0.39 is 17.7 Å². The fraction of sp³-hybridized carbons (Fsp3) is 0.273. The lowest BCUT2D eigenvalue weighted by atomic mass is 10.0. The first-order valence-corrected chi connectivity index (χ1v) is 5.12. The predicted molar refractivity (Wildman–Crippen MR) is 58.0 cm³/mol. The van der Waals surface area contributed by atoms with E-state index >= 15 is 0 Å². The summed E-state index contributed by atoms with van der Waals surface area (Å²) in [6.45, 7) is 0. The summed E-state index contributed by atoms with van der Waals surface area (Å²) in [7, 11) is 1.74. The lowest BCUT2D eigenvalue weighted by molar-refractivity contribution is 0.552. The average molecular weight is 238 g/mol. The molecule has 0 aliphatic heterocycles. The van der Waals surface area contributed by atoms with Crippen LogP contribution in [0.4, 0.5) is 8.78 Å². The molecule has 0 saturated heterocycles. The standard InChI is InChI=1S/C11H12F2N4/c1-17-6-8(15-16-17)5-11(14)9-3-2-7(12)4-10(9)13/h2-4,6,11H,5,14H2,1H3.